The zero-order valence-electron chi connectivity index (χ0n) is 14.8. The van der Waals surface area contributed by atoms with Crippen LogP contribution in [0.3, 0.4) is 0 Å². The number of carboxylic acid groups (broad SMARTS) is 1. The molecule has 0 unspecified atom stereocenters. The average molecular weight is 350 g/mol. The van der Waals surface area contributed by atoms with E-state index >= 15 is 0 Å². The van der Waals surface area contributed by atoms with Crippen LogP contribution in [0.1, 0.15) is 31.2 Å². The zero-order chi connectivity index (χ0) is 18.2. The Labute approximate surface area is 147 Å². The molecule has 0 aliphatic heterocycles. The fraction of sp³-hybridized carbons (Fsp3) is 0.556. The quantitative estimate of drug-likeness (QED) is 0.714. The van der Waals surface area contributed by atoms with Gasteiger partial charge < -0.3 is 24.8 Å². The molecular weight excluding hydrogens is 324 g/mol. The van der Waals surface area contributed by atoms with Gasteiger partial charge in [0.25, 0.3) is 0 Å². The Hall–Kier alpha value is -2.44. The van der Waals surface area contributed by atoms with Crippen LogP contribution in [0.4, 0.5) is 4.79 Å². The molecule has 25 heavy (non-hydrogen) atoms. The predicted molar refractivity (Wildman–Crippen MR) is 92.9 cm³/mol. The summed E-state index contributed by atoms with van der Waals surface area (Å²) in [5.74, 6) is 0.936. The van der Waals surface area contributed by atoms with Crippen molar-refractivity contribution >= 4 is 12.0 Å². The van der Waals surface area contributed by atoms with E-state index in [2.05, 4.69) is 5.32 Å². The third kappa shape index (κ3) is 5.55. The number of methoxy groups -OCH3 is 2. The van der Waals surface area contributed by atoms with Crippen LogP contribution < -0.4 is 14.8 Å². The molecule has 0 spiro atoms. The van der Waals surface area contributed by atoms with E-state index in [1.807, 2.05) is 12.1 Å². The van der Waals surface area contributed by atoms with Gasteiger partial charge in [0.05, 0.1) is 27.2 Å². The van der Waals surface area contributed by atoms with Crippen molar-refractivity contribution in [3.05, 3.63) is 23.8 Å². The Morgan fingerprint density at radius 1 is 1.28 bits per heavy atom. The molecule has 0 aromatic heterocycles. The SMILES string of the molecule is COc1ccc(CN(CC2CCC2)C(=O)NCCC(=O)O)c(OC)c1. The van der Waals surface area contributed by atoms with E-state index < -0.39 is 5.97 Å². The number of nitrogens with one attached hydrogen (secondary N) is 1. The van der Waals surface area contributed by atoms with Crippen molar-refractivity contribution in [1.29, 1.82) is 0 Å². The lowest BCUT2D eigenvalue weighted by Gasteiger charge is -2.32. The summed E-state index contributed by atoms with van der Waals surface area (Å²) in [6, 6.07) is 5.27. The molecule has 138 valence electrons. The molecule has 0 saturated heterocycles. The highest BCUT2D eigenvalue weighted by Crippen LogP contribution is 2.30. The summed E-state index contributed by atoms with van der Waals surface area (Å²) in [5.41, 5.74) is 0.885. The standard InChI is InChI=1S/C18H26N2O5/c1-24-15-7-6-14(16(10-15)25-2)12-20(11-13-4-3-5-13)18(23)19-9-8-17(21)22/h6-7,10,13H,3-5,8-9,11-12H2,1-2H3,(H,19,23)(H,21,22). The molecule has 0 bridgehead atoms. The van der Waals surface area contributed by atoms with Crippen LogP contribution in [0.15, 0.2) is 18.2 Å². The molecule has 0 heterocycles. The Kier molecular flexibility index (Phi) is 6.91. The zero-order valence-corrected chi connectivity index (χ0v) is 14.8. The number of carbonyl (C=O) groups is 2. The molecular formula is C18H26N2O5. The average Bonchev–Trinajstić information content (AvgIpc) is 2.56. The van der Waals surface area contributed by atoms with Gasteiger partial charge in [-0.15, -0.1) is 0 Å². The second-order valence-corrected chi connectivity index (χ2v) is 6.23. The van der Waals surface area contributed by atoms with Gasteiger partial charge in [0.1, 0.15) is 11.5 Å². The van der Waals surface area contributed by atoms with E-state index in [1.54, 1.807) is 25.2 Å². The smallest absolute Gasteiger partial charge is 0.317 e. The lowest BCUT2D eigenvalue weighted by Crippen LogP contribution is -2.43. The third-order valence-corrected chi connectivity index (χ3v) is 4.46. The van der Waals surface area contributed by atoms with Gasteiger partial charge in [-0.25, -0.2) is 4.79 Å². The molecule has 0 radical (unpaired) electrons. The molecule has 1 aromatic carbocycles. The van der Waals surface area contributed by atoms with Crippen LogP contribution in [-0.4, -0.2) is 49.3 Å². The van der Waals surface area contributed by atoms with E-state index in [9.17, 15) is 9.59 Å². The van der Waals surface area contributed by atoms with Gasteiger partial charge >= 0.3 is 12.0 Å². The van der Waals surface area contributed by atoms with Crippen LogP contribution >= 0.6 is 0 Å². The van der Waals surface area contributed by atoms with Crippen molar-refractivity contribution < 1.29 is 24.2 Å². The van der Waals surface area contributed by atoms with Crippen molar-refractivity contribution in [2.45, 2.75) is 32.2 Å². The number of benzene rings is 1. The molecule has 7 heteroatoms. The maximum atomic E-state index is 12.5. The van der Waals surface area contributed by atoms with Gasteiger partial charge in [-0.05, 0) is 30.9 Å². The number of aliphatic carboxylic acids is 1. The minimum atomic E-state index is -0.928. The molecule has 2 N–H and O–H groups in total. The van der Waals surface area contributed by atoms with E-state index in [0.29, 0.717) is 30.5 Å². The van der Waals surface area contributed by atoms with Crippen LogP contribution in [0.2, 0.25) is 0 Å². The lowest BCUT2D eigenvalue weighted by molar-refractivity contribution is -0.136. The van der Waals surface area contributed by atoms with Crippen LogP contribution in [-0.2, 0) is 11.3 Å². The van der Waals surface area contributed by atoms with Gasteiger partial charge in [0, 0.05) is 24.7 Å². The van der Waals surface area contributed by atoms with Crippen LogP contribution in [0, 0.1) is 5.92 Å². The summed E-state index contributed by atoms with van der Waals surface area (Å²) in [6.45, 7) is 1.19. The van der Waals surface area contributed by atoms with Gasteiger partial charge in [-0.3, -0.25) is 4.79 Å². The number of hydrogen-bond acceptors (Lipinski definition) is 4. The molecule has 1 fully saturated rings. The lowest BCUT2D eigenvalue weighted by atomic mass is 9.85. The first-order chi connectivity index (χ1) is 12.0. The normalized spacial score (nSPS) is 13.7. The summed E-state index contributed by atoms with van der Waals surface area (Å²) >= 11 is 0. The van der Waals surface area contributed by atoms with Crippen molar-refractivity contribution in [2.24, 2.45) is 5.92 Å². The first-order valence-electron chi connectivity index (χ1n) is 8.49. The Morgan fingerprint density at radius 3 is 2.60 bits per heavy atom. The first kappa shape index (κ1) is 18.9. The topological polar surface area (TPSA) is 88.1 Å². The van der Waals surface area contributed by atoms with Crippen molar-refractivity contribution in [2.75, 3.05) is 27.3 Å². The Morgan fingerprint density at radius 2 is 2.04 bits per heavy atom. The molecule has 7 nitrogen and oxygen atoms in total. The molecule has 1 aliphatic rings. The Bertz CT molecular complexity index is 601. The molecule has 1 aromatic rings. The van der Waals surface area contributed by atoms with Crippen molar-refractivity contribution in [3.63, 3.8) is 0 Å². The van der Waals surface area contributed by atoms with E-state index in [1.165, 1.54) is 6.42 Å². The van der Waals surface area contributed by atoms with E-state index in [0.717, 1.165) is 18.4 Å². The summed E-state index contributed by atoms with van der Waals surface area (Å²) in [4.78, 5) is 24.8. The van der Waals surface area contributed by atoms with Gasteiger partial charge in [0.2, 0.25) is 0 Å². The first-order valence-corrected chi connectivity index (χ1v) is 8.49. The fourth-order valence-corrected chi connectivity index (χ4v) is 2.78. The number of nitrogens with zero attached hydrogens (tertiary/aromatic N) is 1. The van der Waals surface area contributed by atoms with Gasteiger partial charge in [-0.1, -0.05) is 6.42 Å². The van der Waals surface area contributed by atoms with Gasteiger partial charge in [-0.2, -0.15) is 0 Å². The number of amides is 2. The highest BCUT2D eigenvalue weighted by molar-refractivity contribution is 5.75. The molecule has 2 amide bonds. The minimum absolute atomic E-state index is 0.0884. The van der Waals surface area contributed by atoms with Crippen LogP contribution in [0.25, 0.3) is 0 Å². The van der Waals surface area contributed by atoms with E-state index in [4.69, 9.17) is 14.6 Å². The predicted octanol–water partition coefficient (Wildman–Crippen LogP) is 2.49. The molecule has 1 aliphatic carbocycles. The number of carbonyl (C=O) groups excluding carboxylic acids is 1. The highest BCUT2D eigenvalue weighted by Gasteiger charge is 2.24. The largest absolute Gasteiger partial charge is 0.497 e. The molecule has 0 atom stereocenters. The van der Waals surface area contributed by atoms with Gasteiger partial charge in [0.15, 0.2) is 0 Å². The summed E-state index contributed by atoms with van der Waals surface area (Å²) < 4.78 is 10.6. The second-order valence-electron chi connectivity index (χ2n) is 6.23. The fourth-order valence-electron chi connectivity index (χ4n) is 2.78. The van der Waals surface area contributed by atoms with E-state index in [-0.39, 0.29) is 19.0 Å². The molecule has 2 rings (SSSR count). The second kappa shape index (κ2) is 9.15. The number of urea groups is 1. The third-order valence-electron chi connectivity index (χ3n) is 4.46. The number of rotatable bonds is 9. The Balaban J connectivity index is 2.06. The summed E-state index contributed by atoms with van der Waals surface area (Å²) in [6.07, 6.45) is 3.36. The minimum Gasteiger partial charge on any atom is -0.497 e. The number of hydrogen-bond donors (Lipinski definition) is 2. The van der Waals surface area contributed by atoms with Crippen LogP contribution in [0.5, 0.6) is 11.5 Å². The molecule has 1 saturated carbocycles. The summed E-state index contributed by atoms with van der Waals surface area (Å²) in [5, 5.41) is 11.4. The van der Waals surface area contributed by atoms with Crippen molar-refractivity contribution in [1.82, 2.24) is 10.2 Å². The highest BCUT2D eigenvalue weighted by atomic mass is 16.5. The maximum Gasteiger partial charge on any atom is 0.317 e. The number of carboxylic acids is 1. The van der Waals surface area contributed by atoms with Crippen molar-refractivity contribution in [3.8, 4) is 11.5 Å². The number of ether oxygens (including phenoxy) is 2. The maximum absolute atomic E-state index is 12.5. The monoisotopic (exact) mass is 350 g/mol. The summed E-state index contributed by atoms with van der Waals surface area (Å²) in [7, 11) is 3.18.